The molecule has 1 amide bonds. The lowest BCUT2D eigenvalue weighted by Crippen LogP contribution is -2.47. The van der Waals surface area contributed by atoms with Gasteiger partial charge in [0.1, 0.15) is 5.60 Å². The number of sulfonamides is 1. The van der Waals surface area contributed by atoms with E-state index in [9.17, 15) is 18.3 Å². The standard InChI is InChI=1S/C25H30N2O5S/c1-25(2,3)32-24(29)26-22-12-14-27(15-13-22)33(30,31)23-9-5-7-20(17-23)11-10-19-6-4-8-21(16-19)18-28/h4-9,16-17,22,28H,12-15,18H2,1-3H3,(H,26,29). The molecule has 0 radical (unpaired) electrons. The van der Waals surface area contributed by atoms with Crippen LogP contribution >= 0.6 is 0 Å². The van der Waals surface area contributed by atoms with E-state index in [1.54, 1.807) is 51.1 Å². The second kappa shape index (κ2) is 10.4. The van der Waals surface area contributed by atoms with Crippen LogP contribution in [0, 0.1) is 11.8 Å². The molecule has 1 aliphatic heterocycles. The maximum absolute atomic E-state index is 13.2. The number of hydrogen-bond donors (Lipinski definition) is 2. The van der Waals surface area contributed by atoms with Crippen molar-refractivity contribution in [3.05, 3.63) is 65.2 Å². The molecule has 0 unspecified atom stereocenters. The summed E-state index contributed by atoms with van der Waals surface area (Å²) in [6.45, 7) is 5.96. The molecule has 0 atom stereocenters. The van der Waals surface area contributed by atoms with Crippen molar-refractivity contribution in [2.75, 3.05) is 13.1 Å². The molecule has 2 aromatic carbocycles. The molecule has 2 aromatic rings. The van der Waals surface area contributed by atoms with E-state index in [2.05, 4.69) is 17.2 Å². The van der Waals surface area contributed by atoms with Gasteiger partial charge in [0.2, 0.25) is 10.0 Å². The topological polar surface area (TPSA) is 95.9 Å². The molecule has 0 aliphatic carbocycles. The van der Waals surface area contributed by atoms with Gasteiger partial charge in [0.15, 0.2) is 0 Å². The molecule has 3 rings (SSSR count). The first-order valence-corrected chi connectivity index (χ1v) is 12.3. The van der Waals surface area contributed by atoms with Gasteiger partial charge in [0, 0.05) is 30.3 Å². The van der Waals surface area contributed by atoms with Gasteiger partial charge in [-0.25, -0.2) is 13.2 Å². The molecule has 1 fully saturated rings. The number of alkyl carbamates (subject to hydrolysis) is 1. The molecular weight excluding hydrogens is 440 g/mol. The summed E-state index contributed by atoms with van der Waals surface area (Å²) < 4.78 is 33.0. The third-order valence-electron chi connectivity index (χ3n) is 5.11. The van der Waals surface area contributed by atoms with Gasteiger partial charge in [-0.15, -0.1) is 0 Å². The summed E-state index contributed by atoms with van der Waals surface area (Å²) in [6.07, 6.45) is 0.540. The average molecular weight is 471 g/mol. The maximum atomic E-state index is 13.2. The molecule has 7 nitrogen and oxygen atoms in total. The van der Waals surface area contributed by atoms with Crippen molar-refractivity contribution in [1.29, 1.82) is 0 Å². The van der Waals surface area contributed by atoms with E-state index < -0.39 is 21.7 Å². The SMILES string of the molecule is CC(C)(C)OC(=O)NC1CCN(S(=O)(=O)c2cccc(C#Cc3cccc(CO)c3)c2)CC1. The molecular formula is C25H30N2O5S. The Morgan fingerprint density at radius 2 is 1.70 bits per heavy atom. The zero-order valence-corrected chi connectivity index (χ0v) is 20.0. The summed E-state index contributed by atoms with van der Waals surface area (Å²) >= 11 is 0. The number of aliphatic hydroxyl groups is 1. The molecule has 0 saturated carbocycles. The van der Waals surface area contributed by atoms with Crippen LogP contribution in [0.3, 0.4) is 0 Å². The van der Waals surface area contributed by atoms with Crippen molar-refractivity contribution < 1.29 is 23.1 Å². The molecule has 0 aromatic heterocycles. The second-order valence-electron chi connectivity index (χ2n) is 8.96. The van der Waals surface area contributed by atoms with Gasteiger partial charge in [-0.2, -0.15) is 4.31 Å². The Hall–Kier alpha value is -2.86. The normalized spacial score (nSPS) is 15.4. The van der Waals surface area contributed by atoms with Crippen LogP contribution in [0.1, 0.15) is 50.3 Å². The third-order valence-corrected chi connectivity index (χ3v) is 7.00. The van der Waals surface area contributed by atoms with Gasteiger partial charge < -0.3 is 15.2 Å². The quantitative estimate of drug-likeness (QED) is 0.669. The first kappa shape index (κ1) is 24.8. The number of nitrogens with zero attached hydrogens (tertiary/aromatic N) is 1. The minimum absolute atomic E-state index is 0.0623. The molecule has 1 heterocycles. The van der Waals surface area contributed by atoms with Crippen LogP contribution in [0.25, 0.3) is 0 Å². The van der Waals surface area contributed by atoms with Gasteiger partial charge in [-0.1, -0.05) is 30.0 Å². The van der Waals surface area contributed by atoms with E-state index in [0.717, 1.165) is 11.1 Å². The minimum Gasteiger partial charge on any atom is -0.444 e. The van der Waals surface area contributed by atoms with Crippen molar-refractivity contribution in [3.63, 3.8) is 0 Å². The van der Waals surface area contributed by atoms with Crippen molar-refractivity contribution in [3.8, 4) is 11.8 Å². The van der Waals surface area contributed by atoms with Gasteiger partial charge in [-0.3, -0.25) is 0 Å². The lowest BCUT2D eigenvalue weighted by Gasteiger charge is -2.32. The van der Waals surface area contributed by atoms with Crippen LogP contribution in [0.5, 0.6) is 0 Å². The zero-order valence-electron chi connectivity index (χ0n) is 19.2. The van der Waals surface area contributed by atoms with Crippen LogP contribution in [-0.2, 0) is 21.4 Å². The number of nitrogens with one attached hydrogen (secondary N) is 1. The molecule has 176 valence electrons. The molecule has 8 heteroatoms. The number of rotatable bonds is 4. The minimum atomic E-state index is -3.67. The van der Waals surface area contributed by atoms with Crippen LogP contribution in [0.15, 0.2) is 53.4 Å². The highest BCUT2D eigenvalue weighted by molar-refractivity contribution is 7.89. The summed E-state index contributed by atoms with van der Waals surface area (Å²) in [7, 11) is -3.67. The van der Waals surface area contributed by atoms with Crippen LogP contribution in [0.4, 0.5) is 4.79 Å². The summed E-state index contributed by atoms with van der Waals surface area (Å²) in [4.78, 5) is 12.2. The summed E-state index contributed by atoms with van der Waals surface area (Å²) in [5.74, 6) is 6.01. The van der Waals surface area contributed by atoms with Crippen LogP contribution < -0.4 is 5.32 Å². The second-order valence-corrected chi connectivity index (χ2v) is 10.9. The van der Waals surface area contributed by atoms with Gasteiger partial charge in [-0.05, 0) is 69.5 Å². The Morgan fingerprint density at radius 1 is 1.09 bits per heavy atom. The van der Waals surface area contributed by atoms with Crippen molar-refractivity contribution in [2.45, 2.75) is 56.8 Å². The number of amides is 1. The van der Waals surface area contributed by atoms with Gasteiger partial charge in [0.05, 0.1) is 11.5 Å². The zero-order chi connectivity index (χ0) is 24.1. The summed E-state index contributed by atoms with van der Waals surface area (Å²) in [5.41, 5.74) is 1.52. The Kier molecular flexibility index (Phi) is 7.80. The fraction of sp³-hybridized carbons (Fsp3) is 0.400. The van der Waals surface area contributed by atoms with E-state index in [4.69, 9.17) is 4.74 Å². The van der Waals surface area contributed by atoms with Crippen molar-refractivity contribution in [1.82, 2.24) is 9.62 Å². The van der Waals surface area contributed by atoms with E-state index >= 15 is 0 Å². The number of hydrogen-bond acceptors (Lipinski definition) is 5. The van der Waals surface area contributed by atoms with E-state index in [1.807, 2.05) is 18.2 Å². The Balaban J connectivity index is 1.66. The number of benzene rings is 2. The first-order valence-electron chi connectivity index (χ1n) is 10.9. The fourth-order valence-electron chi connectivity index (χ4n) is 3.49. The molecule has 33 heavy (non-hydrogen) atoms. The average Bonchev–Trinajstić information content (AvgIpc) is 2.77. The van der Waals surface area contributed by atoms with Crippen LogP contribution in [-0.4, -0.2) is 48.7 Å². The number of piperidine rings is 1. The third kappa shape index (κ3) is 7.06. The van der Waals surface area contributed by atoms with Gasteiger partial charge >= 0.3 is 6.09 Å². The summed E-state index contributed by atoms with van der Waals surface area (Å²) in [5, 5.41) is 12.1. The van der Waals surface area contributed by atoms with Crippen LogP contribution in [0.2, 0.25) is 0 Å². The lowest BCUT2D eigenvalue weighted by molar-refractivity contribution is 0.0489. The maximum Gasteiger partial charge on any atom is 0.407 e. The van der Waals surface area contributed by atoms with Crippen molar-refractivity contribution in [2.24, 2.45) is 0 Å². The molecule has 0 bridgehead atoms. The monoisotopic (exact) mass is 470 g/mol. The highest BCUT2D eigenvalue weighted by Crippen LogP contribution is 2.22. The number of carbonyl (C=O) groups is 1. The molecule has 1 saturated heterocycles. The molecule has 1 aliphatic rings. The lowest BCUT2D eigenvalue weighted by atomic mass is 10.1. The highest BCUT2D eigenvalue weighted by atomic mass is 32.2. The number of ether oxygens (including phenoxy) is 1. The Labute approximate surface area is 195 Å². The summed E-state index contributed by atoms with van der Waals surface area (Å²) in [6, 6.07) is 13.7. The Morgan fingerprint density at radius 3 is 2.30 bits per heavy atom. The van der Waals surface area contributed by atoms with Crippen molar-refractivity contribution >= 4 is 16.1 Å². The smallest absolute Gasteiger partial charge is 0.407 e. The van der Waals surface area contributed by atoms with E-state index in [0.29, 0.717) is 31.5 Å². The fourth-order valence-corrected chi connectivity index (χ4v) is 5.01. The predicted molar refractivity (Wildman–Crippen MR) is 126 cm³/mol. The first-order chi connectivity index (χ1) is 15.6. The highest BCUT2D eigenvalue weighted by Gasteiger charge is 2.30. The van der Waals surface area contributed by atoms with Gasteiger partial charge in [0.25, 0.3) is 0 Å². The number of aliphatic hydroxyl groups excluding tert-OH is 1. The number of carbonyl (C=O) groups excluding carboxylic acids is 1. The largest absolute Gasteiger partial charge is 0.444 e. The van der Waals surface area contributed by atoms with E-state index in [-0.39, 0.29) is 17.5 Å². The Bertz CT molecular complexity index is 1150. The molecule has 0 spiro atoms. The van der Waals surface area contributed by atoms with E-state index in [1.165, 1.54) is 4.31 Å². The predicted octanol–water partition coefficient (Wildman–Crippen LogP) is 3.26. The molecule has 2 N–H and O–H groups in total.